The number of pyridine rings is 2. The molecule has 0 aliphatic heterocycles. The zero-order valence-electron chi connectivity index (χ0n) is 12.0. The van der Waals surface area contributed by atoms with Crippen LogP contribution in [0.3, 0.4) is 0 Å². The van der Waals surface area contributed by atoms with E-state index in [4.69, 9.17) is 0 Å². The predicted octanol–water partition coefficient (Wildman–Crippen LogP) is 2.43. The Labute approximate surface area is 122 Å². The van der Waals surface area contributed by atoms with Crippen molar-refractivity contribution in [2.75, 3.05) is 0 Å². The van der Waals surface area contributed by atoms with Crippen molar-refractivity contribution in [3.8, 4) is 0 Å². The van der Waals surface area contributed by atoms with Gasteiger partial charge in [-0.2, -0.15) is 0 Å². The van der Waals surface area contributed by atoms with Crippen molar-refractivity contribution in [3.05, 3.63) is 65.2 Å². The van der Waals surface area contributed by atoms with Crippen LogP contribution in [0, 0.1) is 5.92 Å². The first kappa shape index (κ1) is 13.4. The van der Waals surface area contributed by atoms with E-state index in [0.717, 1.165) is 5.56 Å². The van der Waals surface area contributed by atoms with Gasteiger partial charge in [0.05, 0.1) is 29.5 Å². The van der Waals surface area contributed by atoms with Crippen LogP contribution in [0.1, 0.15) is 25.5 Å². The van der Waals surface area contributed by atoms with Gasteiger partial charge in [-0.25, -0.2) is 4.98 Å². The molecular formula is C16H16N4O. The quantitative estimate of drug-likeness (QED) is 0.739. The molecule has 0 saturated carbocycles. The molecule has 3 aromatic rings. The SMILES string of the molecule is CC(C)[C@@H](c1cccnc1)n1cnc2cnccc2c1=O. The molecule has 106 valence electrons. The third-order valence-corrected chi connectivity index (χ3v) is 3.54. The van der Waals surface area contributed by atoms with Gasteiger partial charge in [0, 0.05) is 18.6 Å². The molecule has 0 radical (unpaired) electrons. The van der Waals surface area contributed by atoms with Crippen LogP contribution in [0.5, 0.6) is 0 Å². The fourth-order valence-corrected chi connectivity index (χ4v) is 2.60. The molecule has 0 bridgehead atoms. The molecule has 3 aromatic heterocycles. The highest BCUT2D eigenvalue weighted by molar-refractivity contribution is 5.75. The number of fused-ring (bicyclic) bond motifs is 1. The second-order valence-electron chi connectivity index (χ2n) is 5.33. The lowest BCUT2D eigenvalue weighted by Crippen LogP contribution is -2.29. The van der Waals surface area contributed by atoms with Crippen molar-refractivity contribution >= 4 is 10.9 Å². The Kier molecular flexibility index (Phi) is 3.48. The lowest BCUT2D eigenvalue weighted by molar-refractivity contribution is 0.423. The van der Waals surface area contributed by atoms with Crippen LogP contribution in [0.4, 0.5) is 0 Å². The maximum Gasteiger partial charge on any atom is 0.261 e. The number of nitrogens with zero attached hydrogens (tertiary/aromatic N) is 4. The third kappa shape index (κ3) is 2.42. The summed E-state index contributed by atoms with van der Waals surface area (Å²) in [5.74, 6) is 0.244. The lowest BCUT2D eigenvalue weighted by atomic mass is 9.97. The van der Waals surface area contributed by atoms with Crippen molar-refractivity contribution in [3.63, 3.8) is 0 Å². The van der Waals surface area contributed by atoms with Crippen molar-refractivity contribution < 1.29 is 0 Å². The zero-order valence-corrected chi connectivity index (χ0v) is 12.0. The topological polar surface area (TPSA) is 60.7 Å². The Morgan fingerprint density at radius 1 is 1.10 bits per heavy atom. The van der Waals surface area contributed by atoms with E-state index in [2.05, 4.69) is 28.8 Å². The van der Waals surface area contributed by atoms with E-state index in [1.165, 1.54) is 0 Å². The maximum absolute atomic E-state index is 12.7. The van der Waals surface area contributed by atoms with Crippen LogP contribution in [0.2, 0.25) is 0 Å². The number of hydrogen-bond acceptors (Lipinski definition) is 4. The normalized spacial score (nSPS) is 12.7. The summed E-state index contributed by atoms with van der Waals surface area (Å²) >= 11 is 0. The van der Waals surface area contributed by atoms with Crippen molar-refractivity contribution in [2.45, 2.75) is 19.9 Å². The molecule has 0 fully saturated rings. The van der Waals surface area contributed by atoms with Crippen LogP contribution in [0.15, 0.2) is 54.1 Å². The molecule has 0 aliphatic rings. The molecule has 3 heterocycles. The van der Waals surface area contributed by atoms with E-state index in [-0.39, 0.29) is 17.5 Å². The van der Waals surface area contributed by atoms with E-state index in [1.54, 1.807) is 41.7 Å². The Bertz CT molecular complexity index is 811. The van der Waals surface area contributed by atoms with Gasteiger partial charge in [0.15, 0.2) is 0 Å². The molecule has 5 heteroatoms. The smallest absolute Gasteiger partial charge is 0.261 e. The summed E-state index contributed by atoms with van der Waals surface area (Å²) in [7, 11) is 0. The summed E-state index contributed by atoms with van der Waals surface area (Å²) in [4.78, 5) is 25.2. The standard InChI is InChI=1S/C16H16N4O/c1-11(2)15(12-4-3-6-17-8-12)20-10-19-14-9-18-7-5-13(14)16(20)21/h3-11,15H,1-2H3/t15-/m0/s1. The van der Waals surface area contributed by atoms with Gasteiger partial charge < -0.3 is 0 Å². The minimum atomic E-state index is -0.0868. The first-order valence-corrected chi connectivity index (χ1v) is 6.89. The lowest BCUT2D eigenvalue weighted by Gasteiger charge is -2.23. The largest absolute Gasteiger partial charge is 0.291 e. The average Bonchev–Trinajstić information content (AvgIpc) is 2.51. The van der Waals surface area contributed by atoms with Gasteiger partial charge in [0.1, 0.15) is 0 Å². The molecule has 3 rings (SSSR count). The van der Waals surface area contributed by atoms with Gasteiger partial charge in [-0.05, 0) is 23.6 Å². The molecule has 0 spiro atoms. The van der Waals surface area contributed by atoms with Gasteiger partial charge in [-0.15, -0.1) is 0 Å². The second kappa shape index (κ2) is 5.44. The maximum atomic E-state index is 12.7. The number of hydrogen-bond donors (Lipinski definition) is 0. The highest BCUT2D eigenvalue weighted by atomic mass is 16.1. The van der Waals surface area contributed by atoms with Crippen LogP contribution >= 0.6 is 0 Å². The van der Waals surface area contributed by atoms with Gasteiger partial charge in [-0.1, -0.05) is 19.9 Å². The van der Waals surface area contributed by atoms with Gasteiger partial charge in [0.2, 0.25) is 0 Å². The summed E-state index contributed by atoms with van der Waals surface area (Å²) in [5.41, 5.74) is 1.57. The Balaban J connectivity index is 2.21. The first-order valence-electron chi connectivity index (χ1n) is 6.89. The Morgan fingerprint density at radius 2 is 1.90 bits per heavy atom. The van der Waals surface area contributed by atoms with Gasteiger partial charge in [-0.3, -0.25) is 19.3 Å². The molecule has 21 heavy (non-hydrogen) atoms. The number of aromatic nitrogens is 4. The summed E-state index contributed by atoms with van der Waals surface area (Å²) in [5, 5.41) is 0.585. The summed E-state index contributed by atoms with van der Waals surface area (Å²) in [6.07, 6.45) is 8.35. The van der Waals surface area contributed by atoms with E-state index in [9.17, 15) is 4.79 Å². The first-order chi connectivity index (χ1) is 10.2. The average molecular weight is 280 g/mol. The van der Waals surface area contributed by atoms with Crippen molar-refractivity contribution in [1.82, 2.24) is 19.5 Å². The zero-order chi connectivity index (χ0) is 14.8. The molecule has 0 aliphatic carbocycles. The highest BCUT2D eigenvalue weighted by Gasteiger charge is 2.20. The molecule has 0 unspecified atom stereocenters. The minimum Gasteiger partial charge on any atom is -0.291 e. The minimum absolute atomic E-state index is 0.0510. The molecule has 1 atom stereocenters. The fraction of sp³-hybridized carbons (Fsp3) is 0.250. The van der Waals surface area contributed by atoms with E-state index in [1.807, 2.05) is 12.1 Å². The van der Waals surface area contributed by atoms with Crippen molar-refractivity contribution in [2.24, 2.45) is 5.92 Å². The summed E-state index contributed by atoms with van der Waals surface area (Å²) < 4.78 is 1.68. The highest BCUT2D eigenvalue weighted by Crippen LogP contribution is 2.24. The fourth-order valence-electron chi connectivity index (χ4n) is 2.60. The molecule has 0 amide bonds. The van der Waals surface area contributed by atoms with Crippen LogP contribution < -0.4 is 5.56 Å². The van der Waals surface area contributed by atoms with Gasteiger partial charge >= 0.3 is 0 Å². The van der Waals surface area contributed by atoms with Crippen LogP contribution in [-0.4, -0.2) is 19.5 Å². The number of rotatable bonds is 3. The van der Waals surface area contributed by atoms with E-state index >= 15 is 0 Å². The van der Waals surface area contributed by atoms with Crippen LogP contribution in [-0.2, 0) is 0 Å². The predicted molar refractivity (Wildman–Crippen MR) is 81.0 cm³/mol. The van der Waals surface area contributed by atoms with E-state index in [0.29, 0.717) is 10.9 Å². The molecule has 0 aromatic carbocycles. The van der Waals surface area contributed by atoms with Crippen LogP contribution in [0.25, 0.3) is 10.9 Å². The van der Waals surface area contributed by atoms with Gasteiger partial charge in [0.25, 0.3) is 5.56 Å². The Morgan fingerprint density at radius 3 is 2.62 bits per heavy atom. The van der Waals surface area contributed by atoms with E-state index < -0.39 is 0 Å². The molecule has 0 saturated heterocycles. The monoisotopic (exact) mass is 280 g/mol. The van der Waals surface area contributed by atoms with Crippen molar-refractivity contribution in [1.29, 1.82) is 0 Å². The Hall–Kier alpha value is -2.56. The third-order valence-electron chi connectivity index (χ3n) is 3.54. The molecule has 5 nitrogen and oxygen atoms in total. The molecule has 0 N–H and O–H groups in total. The second-order valence-corrected chi connectivity index (χ2v) is 5.33. The molecular weight excluding hydrogens is 264 g/mol. The summed E-state index contributed by atoms with van der Waals surface area (Å²) in [6, 6.07) is 5.49. The summed E-state index contributed by atoms with van der Waals surface area (Å²) in [6.45, 7) is 4.17.